The maximum absolute atomic E-state index is 13.3. The molecule has 0 aliphatic heterocycles. The molecule has 0 heterocycles. The summed E-state index contributed by atoms with van der Waals surface area (Å²) in [5, 5.41) is 4.69. The molecule has 0 unspecified atom stereocenters. The van der Waals surface area contributed by atoms with E-state index in [1.165, 1.54) is 19.2 Å². The lowest BCUT2D eigenvalue weighted by atomic mass is 10.2. The smallest absolute Gasteiger partial charge is 0.340 e. The van der Waals surface area contributed by atoms with Crippen LogP contribution in [0.15, 0.2) is 35.2 Å². The summed E-state index contributed by atoms with van der Waals surface area (Å²) in [6.45, 7) is -0.316. The van der Waals surface area contributed by atoms with Crippen molar-refractivity contribution < 1.29 is 27.1 Å². The predicted molar refractivity (Wildman–Crippen MR) is 89.9 cm³/mol. The number of benzene rings is 2. The highest BCUT2D eigenvalue weighted by Crippen LogP contribution is 2.29. The number of methoxy groups -OCH3 is 1. The number of esters is 1. The number of halogens is 3. The van der Waals surface area contributed by atoms with Gasteiger partial charge in [0.2, 0.25) is 10.0 Å². The average molecular weight is 408 g/mol. The van der Waals surface area contributed by atoms with Crippen LogP contribution in [0.1, 0.15) is 15.9 Å². The minimum absolute atomic E-state index is 0.117. The van der Waals surface area contributed by atoms with Gasteiger partial charge in [-0.15, -0.1) is 0 Å². The molecule has 0 saturated heterocycles. The van der Waals surface area contributed by atoms with Crippen molar-refractivity contribution in [2.45, 2.75) is 11.5 Å². The van der Waals surface area contributed by atoms with E-state index in [-0.39, 0.29) is 27.8 Å². The van der Waals surface area contributed by atoms with Crippen LogP contribution >= 0.6 is 23.2 Å². The number of hydrogen-bond donors (Lipinski definition) is 1. The van der Waals surface area contributed by atoms with Crippen molar-refractivity contribution in [1.29, 1.82) is 0 Å². The van der Waals surface area contributed by atoms with Crippen LogP contribution in [0.5, 0.6) is 5.75 Å². The Labute approximate surface area is 153 Å². The first kappa shape index (κ1) is 19.5. The topological polar surface area (TPSA) is 95.7 Å². The molecule has 0 bridgehead atoms. The molecular weight excluding hydrogens is 396 g/mol. The first-order valence-electron chi connectivity index (χ1n) is 6.65. The molecule has 2 rings (SSSR count). The minimum atomic E-state index is -4.16. The molecule has 0 amide bonds. The van der Waals surface area contributed by atoms with Gasteiger partial charge in [-0.05, 0) is 30.3 Å². The number of ether oxygens (including phenoxy) is 2. The fourth-order valence-corrected chi connectivity index (χ4v) is 3.38. The molecule has 0 aliphatic rings. The third kappa shape index (κ3) is 4.60. The van der Waals surface area contributed by atoms with Gasteiger partial charge in [-0.1, -0.05) is 23.2 Å². The summed E-state index contributed by atoms with van der Waals surface area (Å²) in [4.78, 5) is 11.7. The Hall–Kier alpha value is -1.87. The van der Waals surface area contributed by atoms with Crippen LogP contribution in [0.4, 0.5) is 4.39 Å². The Morgan fingerprint density at radius 3 is 2.48 bits per heavy atom. The van der Waals surface area contributed by atoms with Crippen LogP contribution < -0.4 is 9.88 Å². The van der Waals surface area contributed by atoms with Gasteiger partial charge in [0.05, 0.1) is 22.7 Å². The number of carbonyl (C=O) groups is 1. The van der Waals surface area contributed by atoms with E-state index in [1.54, 1.807) is 0 Å². The second-order valence-electron chi connectivity index (χ2n) is 4.84. The zero-order valence-corrected chi connectivity index (χ0v) is 15.1. The van der Waals surface area contributed by atoms with Crippen LogP contribution in [0, 0.1) is 5.82 Å². The van der Waals surface area contributed by atoms with Crippen molar-refractivity contribution in [1.82, 2.24) is 0 Å². The normalized spacial score (nSPS) is 11.2. The Bertz CT molecular complexity index is 934. The second kappa shape index (κ2) is 7.57. The first-order chi connectivity index (χ1) is 11.6. The molecule has 0 radical (unpaired) electrons. The fraction of sp³-hybridized carbons (Fsp3) is 0.133. The molecule has 6 nitrogen and oxygen atoms in total. The maximum Gasteiger partial charge on any atom is 0.340 e. The molecule has 0 fully saturated rings. The molecule has 0 aliphatic carbocycles. The molecule has 134 valence electrons. The van der Waals surface area contributed by atoms with E-state index in [0.29, 0.717) is 5.75 Å². The Morgan fingerprint density at radius 2 is 1.88 bits per heavy atom. The third-order valence-corrected chi connectivity index (χ3v) is 4.84. The second-order valence-corrected chi connectivity index (χ2v) is 7.18. The largest absolute Gasteiger partial charge is 0.496 e. The van der Waals surface area contributed by atoms with E-state index in [2.05, 4.69) is 0 Å². The Morgan fingerprint density at radius 1 is 1.20 bits per heavy atom. The highest BCUT2D eigenvalue weighted by Gasteiger charge is 2.21. The molecule has 2 N–H and O–H groups in total. The van der Waals surface area contributed by atoms with Crippen LogP contribution in [0.3, 0.4) is 0 Å². The Kier molecular flexibility index (Phi) is 5.89. The van der Waals surface area contributed by atoms with E-state index in [0.717, 1.165) is 18.2 Å². The summed E-state index contributed by atoms with van der Waals surface area (Å²) in [6.07, 6.45) is 0. The van der Waals surface area contributed by atoms with Crippen molar-refractivity contribution >= 4 is 39.2 Å². The van der Waals surface area contributed by atoms with Crippen LogP contribution in [-0.2, 0) is 21.4 Å². The van der Waals surface area contributed by atoms with E-state index >= 15 is 0 Å². The summed E-state index contributed by atoms with van der Waals surface area (Å²) >= 11 is 11.7. The lowest BCUT2D eigenvalue weighted by Crippen LogP contribution is -2.15. The maximum atomic E-state index is 13.3. The van der Waals surface area contributed by atoms with Gasteiger partial charge in [-0.25, -0.2) is 22.7 Å². The third-order valence-electron chi connectivity index (χ3n) is 3.15. The van der Waals surface area contributed by atoms with Gasteiger partial charge in [0.1, 0.15) is 23.1 Å². The molecule has 0 atom stereocenters. The quantitative estimate of drug-likeness (QED) is 0.767. The van der Waals surface area contributed by atoms with Gasteiger partial charge in [0.15, 0.2) is 0 Å². The van der Waals surface area contributed by atoms with Gasteiger partial charge in [0, 0.05) is 5.56 Å². The number of rotatable bonds is 5. The van der Waals surface area contributed by atoms with E-state index < -0.39 is 26.7 Å². The van der Waals surface area contributed by atoms with Gasteiger partial charge < -0.3 is 9.47 Å². The number of primary sulfonamides is 1. The molecule has 25 heavy (non-hydrogen) atoms. The Balaban J connectivity index is 2.29. The van der Waals surface area contributed by atoms with Crippen LogP contribution in [0.25, 0.3) is 0 Å². The molecule has 2 aromatic carbocycles. The lowest BCUT2D eigenvalue weighted by molar-refractivity contribution is 0.0469. The van der Waals surface area contributed by atoms with E-state index in [9.17, 15) is 17.6 Å². The van der Waals surface area contributed by atoms with Crippen molar-refractivity contribution in [2.24, 2.45) is 5.14 Å². The number of carbonyl (C=O) groups excluding carboxylic acids is 1. The van der Waals surface area contributed by atoms with Crippen molar-refractivity contribution in [3.63, 3.8) is 0 Å². The summed E-state index contributed by atoms with van der Waals surface area (Å²) < 4.78 is 46.4. The molecule has 0 aromatic heterocycles. The van der Waals surface area contributed by atoms with Gasteiger partial charge in [-0.3, -0.25) is 0 Å². The zero-order chi connectivity index (χ0) is 18.8. The summed E-state index contributed by atoms with van der Waals surface area (Å²) in [5.41, 5.74) is 0.0399. The number of hydrogen-bond acceptors (Lipinski definition) is 5. The van der Waals surface area contributed by atoms with Gasteiger partial charge >= 0.3 is 5.97 Å². The predicted octanol–water partition coefficient (Wildman–Crippen LogP) is 3.15. The molecule has 10 heteroatoms. The average Bonchev–Trinajstić information content (AvgIpc) is 2.51. The highest BCUT2D eigenvalue weighted by molar-refractivity contribution is 7.89. The monoisotopic (exact) mass is 407 g/mol. The van der Waals surface area contributed by atoms with Crippen molar-refractivity contribution in [3.05, 3.63) is 57.3 Å². The summed E-state index contributed by atoms with van der Waals surface area (Å²) in [5.74, 6) is -1.15. The number of nitrogens with two attached hydrogens (primary N) is 1. The fourth-order valence-electron chi connectivity index (χ4n) is 1.98. The summed E-state index contributed by atoms with van der Waals surface area (Å²) in [7, 11) is -2.78. The first-order valence-corrected chi connectivity index (χ1v) is 8.95. The highest BCUT2D eigenvalue weighted by atomic mass is 35.5. The standard InChI is InChI=1S/C15H12Cl2FNO5S/c1-23-13-3-2-9(18)4-8(13)7-24-15(20)10-5-14(25(19,21)22)12(17)6-11(10)16/h2-6H,7H2,1H3,(H2,19,21,22). The van der Waals surface area contributed by atoms with Gasteiger partial charge in [0.25, 0.3) is 0 Å². The van der Waals surface area contributed by atoms with Crippen LogP contribution in [0.2, 0.25) is 10.0 Å². The van der Waals surface area contributed by atoms with E-state index in [4.69, 9.17) is 37.8 Å². The molecule has 0 saturated carbocycles. The van der Waals surface area contributed by atoms with Crippen LogP contribution in [-0.4, -0.2) is 21.5 Å². The zero-order valence-electron chi connectivity index (χ0n) is 12.8. The lowest BCUT2D eigenvalue weighted by Gasteiger charge is -2.11. The molecule has 2 aromatic rings. The molecule has 0 spiro atoms. The SMILES string of the molecule is COc1ccc(F)cc1COC(=O)c1cc(S(N)(=O)=O)c(Cl)cc1Cl. The van der Waals surface area contributed by atoms with Gasteiger partial charge in [-0.2, -0.15) is 0 Å². The summed E-state index contributed by atoms with van der Waals surface area (Å²) in [6, 6.07) is 5.71. The molecular formula is C15H12Cl2FNO5S. The van der Waals surface area contributed by atoms with Crippen molar-refractivity contribution in [3.8, 4) is 5.75 Å². The van der Waals surface area contributed by atoms with Crippen molar-refractivity contribution in [2.75, 3.05) is 7.11 Å². The van der Waals surface area contributed by atoms with E-state index in [1.807, 2.05) is 0 Å². The minimum Gasteiger partial charge on any atom is -0.496 e. The number of sulfonamides is 1.